The van der Waals surface area contributed by atoms with E-state index in [1.165, 1.54) is 0 Å². The second kappa shape index (κ2) is 6.50. The lowest BCUT2D eigenvalue weighted by Crippen LogP contribution is -2.31. The first-order chi connectivity index (χ1) is 8.08. The summed E-state index contributed by atoms with van der Waals surface area (Å²) in [5.41, 5.74) is 0.875. The number of rotatable bonds is 6. The maximum absolute atomic E-state index is 9.74. The van der Waals surface area contributed by atoms with E-state index in [1.54, 1.807) is 19.2 Å². The zero-order valence-electron chi connectivity index (χ0n) is 11.2. The Morgan fingerprint density at radius 3 is 2.65 bits per heavy atom. The van der Waals surface area contributed by atoms with Gasteiger partial charge in [-0.2, -0.15) is 0 Å². The third kappa shape index (κ3) is 3.93. The number of benzene rings is 1. The number of phenolic OH excluding ortho intramolecular Hbond substituents is 1. The van der Waals surface area contributed by atoms with Crippen LogP contribution in [0.1, 0.15) is 32.8 Å². The number of hydrogen-bond donors (Lipinski definition) is 2. The van der Waals surface area contributed by atoms with Crippen LogP contribution in [0.3, 0.4) is 0 Å². The molecule has 1 aromatic carbocycles. The highest BCUT2D eigenvalue weighted by atomic mass is 16.5. The maximum Gasteiger partial charge on any atom is 0.120 e. The van der Waals surface area contributed by atoms with Crippen LogP contribution in [0.2, 0.25) is 0 Å². The lowest BCUT2D eigenvalue weighted by molar-refractivity contribution is 0.382. The molecule has 0 radical (unpaired) electrons. The minimum absolute atomic E-state index is 0.314. The molecule has 0 saturated carbocycles. The Hall–Kier alpha value is -1.22. The number of aromatic hydroxyl groups is 1. The van der Waals surface area contributed by atoms with Gasteiger partial charge in [0.15, 0.2) is 0 Å². The highest BCUT2D eigenvalue weighted by Gasteiger charge is 2.10. The zero-order chi connectivity index (χ0) is 12.8. The van der Waals surface area contributed by atoms with Gasteiger partial charge in [-0.1, -0.05) is 20.3 Å². The third-order valence-electron chi connectivity index (χ3n) is 3.40. The molecule has 3 heteroatoms. The van der Waals surface area contributed by atoms with Crippen molar-refractivity contribution < 1.29 is 9.84 Å². The van der Waals surface area contributed by atoms with Crippen molar-refractivity contribution in [2.45, 2.75) is 39.8 Å². The molecule has 2 atom stereocenters. The Morgan fingerprint density at radius 1 is 1.35 bits per heavy atom. The molecule has 0 spiro atoms. The summed E-state index contributed by atoms with van der Waals surface area (Å²) in [6.07, 6.45) is 1.15. The molecule has 0 aliphatic rings. The fourth-order valence-electron chi connectivity index (χ4n) is 1.66. The highest BCUT2D eigenvalue weighted by Crippen LogP contribution is 2.23. The quantitative estimate of drug-likeness (QED) is 0.799. The first-order valence-electron chi connectivity index (χ1n) is 6.17. The summed E-state index contributed by atoms with van der Waals surface area (Å²) >= 11 is 0. The van der Waals surface area contributed by atoms with Crippen molar-refractivity contribution >= 4 is 0 Å². The van der Waals surface area contributed by atoms with E-state index in [2.05, 4.69) is 26.1 Å². The van der Waals surface area contributed by atoms with E-state index in [-0.39, 0.29) is 0 Å². The molecular formula is C14H23NO2. The van der Waals surface area contributed by atoms with Crippen LogP contribution >= 0.6 is 0 Å². The first kappa shape index (κ1) is 13.8. The monoisotopic (exact) mass is 237 g/mol. The van der Waals surface area contributed by atoms with Gasteiger partial charge in [0.1, 0.15) is 11.5 Å². The van der Waals surface area contributed by atoms with Gasteiger partial charge in [0, 0.05) is 18.2 Å². The van der Waals surface area contributed by atoms with Crippen LogP contribution in [0, 0.1) is 5.92 Å². The molecule has 3 nitrogen and oxygen atoms in total. The molecule has 0 amide bonds. The summed E-state index contributed by atoms with van der Waals surface area (Å²) < 4.78 is 5.15. The van der Waals surface area contributed by atoms with Gasteiger partial charge in [-0.25, -0.2) is 0 Å². The van der Waals surface area contributed by atoms with Crippen LogP contribution in [-0.2, 0) is 6.54 Å². The number of nitrogens with one attached hydrogen (secondary N) is 1. The standard InChI is InChI=1S/C14H23NO2/c1-5-10(2)11(3)15-9-12-8-13(17-4)6-7-14(12)16/h6-8,10-11,15-16H,5,9H2,1-4H3. The van der Waals surface area contributed by atoms with E-state index in [1.807, 2.05) is 6.07 Å². The molecule has 0 heterocycles. The van der Waals surface area contributed by atoms with Crippen molar-refractivity contribution in [3.8, 4) is 11.5 Å². The van der Waals surface area contributed by atoms with Crippen LogP contribution in [0.4, 0.5) is 0 Å². The summed E-state index contributed by atoms with van der Waals surface area (Å²) in [5, 5.41) is 13.2. The Kier molecular flexibility index (Phi) is 5.29. The second-order valence-corrected chi connectivity index (χ2v) is 4.55. The van der Waals surface area contributed by atoms with Crippen molar-refractivity contribution in [1.29, 1.82) is 0 Å². The van der Waals surface area contributed by atoms with Crippen LogP contribution in [0.25, 0.3) is 0 Å². The van der Waals surface area contributed by atoms with Crippen molar-refractivity contribution in [2.75, 3.05) is 7.11 Å². The minimum atomic E-state index is 0.314. The molecular weight excluding hydrogens is 214 g/mol. The molecule has 0 saturated heterocycles. The number of methoxy groups -OCH3 is 1. The Morgan fingerprint density at radius 2 is 2.06 bits per heavy atom. The van der Waals surface area contributed by atoms with Gasteiger partial charge >= 0.3 is 0 Å². The molecule has 0 aliphatic heterocycles. The molecule has 0 aliphatic carbocycles. The van der Waals surface area contributed by atoms with Crippen LogP contribution < -0.4 is 10.1 Å². The van der Waals surface area contributed by atoms with E-state index in [9.17, 15) is 5.11 Å². The predicted molar refractivity (Wildman–Crippen MR) is 70.4 cm³/mol. The van der Waals surface area contributed by atoms with Crippen LogP contribution in [0.5, 0.6) is 11.5 Å². The molecule has 17 heavy (non-hydrogen) atoms. The lowest BCUT2D eigenvalue weighted by Gasteiger charge is -2.20. The Labute approximate surface area is 104 Å². The summed E-state index contributed by atoms with van der Waals surface area (Å²) in [6, 6.07) is 5.73. The zero-order valence-corrected chi connectivity index (χ0v) is 11.2. The molecule has 0 fully saturated rings. The molecule has 96 valence electrons. The molecule has 0 bridgehead atoms. The normalized spacial score (nSPS) is 14.4. The van der Waals surface area contributed by atoms with Crippen molar-refractivity contribution in [1.82, 2.24) is 5.32 Å². The van der Waals surface area contributed by atoms with E-state index in [0.29, 0.717) is 24.3 Å². The second-order valence-electron chi connectivity index (χ2n) is 4.55. The van der Waals surface area contributed by atoms with Gasteiger partial charge in [0.05, 0.1) is 7.11 Å². The number of phenols is 1. The maximum atomic E-state index is 9.74. The van der Waals surface area contributed by atoms with Crippen molar-refractivity contribution in [3.05, 3.63) is 23.8 Å². The molecule has 0 aromatic heterocycles. The minimum Gasteiger partial charge on any atom is -0.508 e. The smallest absolute Gasteiger partial charge is 0.120 e. The number of ether oxygens (including phenoxy) is 1. The van der Waals surface area contributed by atoms with E-state index in [4.69, 9.17) is 4.74 Å². The number of hydrogen-bond acceptors (Lipinski definition) is 3. The topological polar surface area (TPSA) is 41.5 Å². The highest BCUT2D eigenvalue weighted by molar-refractivity contribution is 5.39. The Balaban J connectivity index is 2.62. The van der Waals surface area contributed by atoms with E-state index in [0.717, 1.165) is 17.7 Å². The van der Waals surface area contributed by atoms with Gasteiger partial charge < -0.3 is 15.2 Å². The predicted octanol–water partition coefficient (Wildman–Crippen LogP) is 2.93. The fourth-order valence-corrected chi connectivity index (χ4v) is 1.66. The summed E-state index contributed by atoms with van der Waals surface area (Å²) in [4.78, 5) is 0. The lowest BCUT2D eigenvalue weighted by atomic mass is 10.0. The van der Waals surface area contributed by atoms with E-state index < -0.39 is 0 Å². The Bertz CT molecular complexity index is 352. The largest absolute Gasteiger partial charge is 0.508 e. The summed E-state index contributed by atoms with van der Waals surface area (Å²) in [5.74, 6) is 1.72. The van der Waals surface area contributed by atoms with Gasteiger partial charge in [0.2, 0.25) is 0 Å². The first-order valence-corrected chi connectivity index (χ1v) is 6.17. The van der Waals surface area contributed by atoms with Crippen molar-refractivity contribution in [2.24, 2.45) is 5.92 Å². The average molecular weight is 237 g/mol. The SMILES string of the molecule is CCC(C)C(C)NCc1cc(OC)ccc1O. The summed E-state index contributed by atoms with van der Waals surface area (Å²) in [6.45, 7) is 7.24. The molecule has 2 N–H and O–H groups in total. The summed E-state index contributed by atoms with van der Waals surface area (Å²) in [7, 11) is 1.63. The molecule has 2 unspecified atom stereocenters. The average Bonchev–Trinajstić information content (AvgIpc) is 2.36. The van der Waals surface area contributed by atoms with Crippen molar-refractivity contribution in [3.63, 3.8) is 0 Å². The van der Waals surface area contributed by atoms with Crippen LogP contribution in [0.15, 0.2) is 18.2 Å². The third-order valence-corrected chi connectivity index (χ3v) is 3.40. The molecule has 1 rings (SSSR count). The fraction of sp³-hybridized carbons (Fsp3) is 0.571. The van der Waals surface area contributed by atoms with Crippen LogP contribution in [-0.4, -0.2) is 18.3 Å². The molecule has 1 aromatic rings. The van der Waals surface area contributed by atoms with Gasteiger partial charge in [0.25, 0.3) is 0 Å². The van der Waals surface area contributed by atoms with Gasteiger partial charge in [-0.05, 0) is 31.0 Å². The van der Waals surface area contributed by atoms with Gasteiger partial charge in [-0.3, -0.25) is 0 Å². The van der Waals surface area contributed by atoms with E-state index >= 15 is 0 Å². The van der Waals surface area contributed by atoms with Gasteiger partial charge in [-0.15, -0.1) is 0 Å².